The Labute approximate surface area is 181 Å². The third-order valence-corrected chi connectivity index (χ3v) is 3.92. The number of aliphatic hydroxyl groups is 1. The fraction of sp³-hybridized carbons (Fsp3) is 0.650. The molecule has 6 nitrogen and oxygen atoms in total. The van der Waals surface area contributed by atoms with Gasteiger partial charge in [-0.2, -0.15) is 0 Å². The number of ether oxygens (including phenoxy) is 2. The van der Waals surface area contributed by atoms with Gasteiger partial charge in [0.1, 0.15) is 0 Å². The van der Waals surface area contributed by atoms with Crippen LogP contribution in [0.15, 0.2) is 23.2 Å². The van der Waals surface area contributed by atoms with E-state index in [4.69, 9.17) is 14.5 Å². The van der Waals surface area contributed by atoms with Crippen LogP contribution in [0.25, 0.3) is 0 Å². The molecule has 0 amide bonds. The van der Waals surface area contributed by atoms with E-state index in [1.165, 1.54) is 0 Å². The molecule has 27 heavy (non-hydrogen) atoms. The summed E-state index contributed by atoms with van der Waals surface area (Å²) < 4.78 is 11.0. The maximum atomic E-state index is 9.28. The number of benzene rings is 1. The third kappa shape index (κ3) is 10.0. The van der Waals surface area contributed by atoms with E-state index in [0.717, 1.165) is 36.8 Å². The Hall–Kier alpha value is -1.22. The van der Waals surface area contributed by atoms with E-state index in [2.05, 4.69) is 24.5 Å². The van der Waals surface area contributed by atoms with E-state index >= 15 is 0 Å². The van der Waals surface area contributed by atoms with E-state index in [1.807, 2.05) is 32.0 Å². The zero-order chi connectivity index (χ0) is 19.4. The Morgan fingerprint density at radius 1 is 1.22 bits per heavy atom. The number of nitrogens with zero attached hydrogens (tertiary/aromatic N) is 1. The molecule has 0 radical (unpaired) electrons. The topological polar surface area (TPSA) is 75.1 Å². The molecule has 0 fully saturated rings. The number of hydrogen-bond donors (Lipinski definition) is 3. The van der Waals surface area contributed by atoms with Gasteiger partial charge in [-0.25, -0.2) is 0 Å². The van der Waals surface area contributed by atoms with Crippen molar-refractivity contribution in [1.82, 2.24) is 5.32 Å². The van der Waals surface area contributed by atoms with Crippen LogP contribution in [0.4, 0.5) is 5.69 Å². The highest BCUT2D eigenvalue weighted by Gasteiger charge is 2.11. The lowest BCUT2D eigenvalue weighted by atomic mass is 9.94. The Balaban J connectivity index is 0.00000676. The number of hydrogen-bond acceptors (Lipinski definition) is 4. The average Bonchev–Trinajstić information content (AvgIpc) is 2.60. The van der Waals surface area contributed by atoms with Gasteiger partial charge in [-0.05, 0) is 50.7 Å². The van der Waals surface area contributed by atoms with Crippen LogP contribution in [0.2, 0.25) is 0 Å². The SMILES string of the molecule is CCNC(=NCC(CCO)CC(C)C)Nc1ccc(OCC)c(OC)c1.I. The van der Waals surface area contributed by atoms with E-state index < -0.39 is 0 Å². The zero-order valence-electron chi connectivity index (χ0n) is 17.2. The first-order chi connectivity index (χ1) is 12.5. The van der Waals surface area contributed by atoms with Gasteiger partial charge < -0.3 is 25.2 Å². The van der Waals surface area contributed by atoms with Crippen molar-refractivity contribution in [3.8, 4) is 11.5 Å². The van der Waals surface area contributed by atoms with Gasteiger partial charge in [0.25, 0.3) is 0 Å². The molecule has 1 unspecified atom stereocenters. The molecule has 0 saturated carbocycles. The van der Waals surface area contributed by atoms with Crippen molar-refractivity contribution in [3.63, 3.8) is 0 Å². The van der Waals surface area contributed by atoms with Gasteiger partial charge in [-0.3, -0.25) is 4.99 Å². The molecule has 1 aromatic carbocycles. The summed E-state index contributed by atoms with van der Waals surface area (Å²) in [6.07, 6.45) is 1.83. The van der Waals surface area contributed by atoms with Crippen molar-refractivity contribution in [2.24, 2.45) is 16.8 Å². The molecular weight excluding hydrogens is 457 g/mol. The molecule has 3 N–H and O–H groups in total. The molecule has 0 heterocycles. The van der Waals surface area contributed by atoms with E-state index in [1.54, 1.807) is 7.11 Å². The molecule has 0 aliphatic heterocycles. The zero-order valence-corrected chi connectivity index (χ0v) is 19.6. The highest BCUT2D eigenvalue weighted by atomic mass is 127. The quantitative estimate of drug-likeness (QED) is 0.246. The molecule has 0 aliphatic rings. The van der Waals surface area contributed by atoms with Crippen LogP contribution in [-0.2, 0) is 0 Å². The summed E-state index contributed by atoms with van der Waals surface area (Å²) in [5, 5.41) is 15.9. The number of halogens is 1. The van der Waals surface area contributed by atoms with E-state index in [9.17, 15) is 5.11 Å². The van der Waals surface area contributed by atoms with Gasteiger partial charge >= 0.3 is 0 Å². The minimum Gasteiger partial charge on any atom is -0.493 e. The first-order valence-electron chi connectivity index (χ1n) is 9.50. The van der Waals surface area contributed by atoms with Crippen molar-refractivity contribution in [1.29, 1.82) is 0 Å². The molecule has 1 rings (SSSR count). The van der Waals surface area contributed by atoms with Gasteiger partial charge in [0, 0.05) is 31.5 Å². The lowest BCUT2D eigenvalue weighted by Crippen LogP contribution is -2.31. The summed E-state index contributed by atoms with van der Waals surface area (Å²) in [7, 11) is 1.63. The van der Waals surface area contributed by atoms with Gasteiger partial charge in [0.15, 0.2) is 17.5 Å². The number of anilines is 1. The van der Waals surface area contributed by atoms with Crippen LogP contribution < -0.4 is 20.1 Å². The van der Waals surface area contributed by atoms with Crippen molar-refractivity contribution in [3.05, 3.63) is 18.2 Å². The van der Waals surface area contributed by atoms with Gasteiger partial charge in [0.05, 0.1) is 13.7 Å². The lowest BCUT2D eigenvalue weighted by Gasteiger charge is -2.18. The highest BCUT2D eigenvalue weighted by molar-refractivity contribution is 14.0. The highest BCUT2D eigenvalue weighted by Crippen LogP contribution is 2.30. The van der Waals surface area contributed by atoms with Crippen molar-refractivity contribution >= 4 is 35.6 Å². The maximum absolute atomic E-state index is 9.28. The molecule has 1 aromatic rings. The van der Waals surface area contributed by atoms with E-state index in [0.29, 0.717) is 30.7 Å². The fourth-order valence-corrected chi connectivity index (χ4v) is 2.82. The van der Waals surface area contributed by atoms with Gasteiger partial charge in [0.2, 0.25) is 0 Å². The Kier molecular flexibility index (Phi) is 14.1. The molecule has 0 saturated heterocycles. The van der Waals surface area contributed by atoms with Crippen LogP contribution >= 0.6 is 24.0 Å². The molecule has 0 aliphatic carbocycles. The van der Waals surface area contributed by atoms with Crippen molar-refractivity contribution in [2.75, 3.05) is 38.7 Å². The van der Waals surface area contributed by atoms with Gasteiger partial charge in [-0.1, -0.05) is 13.8 Å². The number of rotatable bonds is 11. The predicted octanol–water partition coefficient (Wildman–Crippen LogP) is 4.13. The number of aliphatic imine (C=N–C) groups is 1. The molecule has 0 spiro atoms. The second kappa shape index (κ2) is 14.8. The second-order valence-corrected chi connectivity index (χ2v) is 6.65. The van der Waals surface area contributed by atoms with Crippen LogP contribution in [0.3, 0.4) is 0 Å². The molecule has 7 heteroatoms. The molecular formula is C20H36IN3O3. The van der Waals surface area contributed by atoms with Gasteiger partial charge in [-0.15, -0.1) is 24.0 Å². The smallest absolute Gasteiger partial charge is 0.195 e. The maximum Gasteiger partial charge on any atom is 0.195 e. The largest absolute Gasteiger partial charge is 0.493 e. The first-order valence-corrected chi connectivity index (χ1v) is 9.50. The lowest BCUT2D eigenvalue weighted by molar-refractivity contribution is 0.246. The number of nitrogens with one attached hydrogen (secondary N) is 2. The fourth-order valence-electron chi connectivity index (χ4n) is 2.82. The average molecular weight is 493 g/mol. The minimum atomic E-state index is 0. The first kappa shape index (κ1) is 25.8. The van der Waals surface area contributed by atoms with Crippen molar-refractivity contribution in [2.45, 2.75) is 40.5 Å². The molecule has 0 aromatic heterocycles. The van der Waals surface area contributed by atoms with Crippen LogP contribution in [-0.4, -0.2) is 44.5 Å². The summed E-state index contributed by atoms with van der Waals surface area (Å²) in [6.45, 7) is 10.6. The molecule has 0 bridgehead atoms. The standard InChI is InChI=1S/C20H35N3O3.HI/c1-6-21-20(22-14-16(10-11-24)12-15(3)4)23-17-8-9-18(26-7-2)19(13-17)25-5;/h8-9,13,15-16,24H,6-7,10-12,14H2,1-5H3,(H2,21,22,23);1H. The summed E-state index contributed by atoms with van der Waals surface area (Å²) in [6, 6.07) is 5.73. The summed E-state index contributed by atoms with van der Waals surface area (Å²) in [5.74, 6) is 3.11. The minimum absolute atomic E-state index is 0. The normalized spacial score (nSPS) is 12.3. The van der Waals surface area contributed by atoms with Crippen LogP contribution in [0, 0.1) is 11.8 Å². The third-order valence-electron chi connectivity index (χ3n) is 3.92. The van der Waals surface area contributed by atoms with Crippen LogP contribution in [0.1, 0.15) is 40.5 Å². The number of aliphatic hydroxyl groups excluding tert-OH is 1. The Bertz CT molecular complexity index is 553. The predicted molar refractivity (Wildman–Crippen MR) is 124 cm³/mol. The van der Waals surface area contributed by atoms with Crippen molar-refractivity contribution < 1.29 is 14.6 Å². The molecule has 156 valence electrons. The number of methoxy groups -OCH3 is 1. The summed E-state index contributed by atoms with van der Waals surface area (Å²) >= 11 is 0. The molecule has 1 atom stereocenters. The summed E-state index contributed by atoms with van der Waals surface area (Å²) in [5.41, 5.74) is 0.882. The Morgan fingerprint density at radius 3 is 2.52 bits per heavy atom. The Morgan fingerprint density at radius 2 is 1.96 bits per heavy atom. The van der Waals surface area contributed by atoms with Crippen LogP contribution in [0.5, 0.6) is 11.5 Å². The number of guanidine groups is 1. The van der Waals surface area contributed by atoms with E-state index in [-0.39, 0.29) is 30.6 Å². The second-order valence-electron chi connectivity index (χ2n) is 6.65. The monoisotopic (exact) mass is 493 g/mol. The summed E-state index contributed by atoms with van der Waals surface area (Å²) in [4.78, 5) is 4.71.